The first-order valence-corrected chi connectivity index (χ1v) is 6.76. The molecule has 4 nitrogen and oxygen atoms in total. The number of nitrogen functional groups attached to an aromatic ring is 1. The van der Waals surface area contributed by atoms with Gasteiger partial charge in [0.05, 0.1) is 9.88 Å². The van der Waals surface area contributed by atoms with E-state index < -0.39 is 0 Å². The molecule has 0 atom stereocenters. The zero-order chi connectivity index (χ0) is 13.2. The molecular weight excluding hydrogens is 258 g/mol. The van der Waals surface area contributed by atoms with Gasteiger partial charge in [-0.15, -0.1) is 11.3 Å². The second-order valence-corrected chi connectivity index (χ2v) is 5.50. The van der Waals surface area contributed by atoms with Crippen molar-refractivity contribution in [2.24, 2.45) is 0 Å². The molecule has 5 heteroatoms. The van der Waals surface area contributed by atoms with E-state index in [9.17, 15) is 0 Å². The van der Waals surface area contributed by atoms with Crippen molar-refractivity contribution in [1.29, 1.82) is 0 Å². The van der Waals surface area contributed by atoms with Gasteiger partial charge in [0.2, 0.25) is 0 Å². The van der Waals surface area contributed by atoms with Crippen LogP contribution in [0.3, 0.4) is 0 Å². The van der Waals surface area contributed by atoms with Crippen LogP contribution >= 0.6 is 11.3 Å². The predicted octanol–water partition coefficient (Wildman–Crippen LogP) is 3.28. The number of aromatic nitrogens is 2. The minimum absolute atomic E-state index is 0.532. The molecule has 3 aromatic rings. The monoisotopic (exact) mass is 271 g/mol. The zero-order valence-electron chi connectivity index (χ0n) is 10.5. The zero-order valence-corrected chi connectivity index (χ0v) is 11.3. The molecule has 0 aliphatic rings. The van der Waals surface area contributed by atoms with E-state index in [0.717, 1.165) is 9.88 Å². The van der Waals surface area contributed by atoms with E-state index in [4.69, 9.17) is 10.3 Å². The highest BCUT2D eigenvalue weighted by molar-refractivity contribution is 7.19. The van der Waals surface area contributed by atoms with Crippen LogP contribution < -0.4 is 5.73 Å². The SMILES string of the molecule is Cc1cccc(Cc2noc(-c3ccc(N)s3)n2)c1. The van der Waals surface area contributed by atoms with Gasteiger partial charge in [-0.3, -0.25) is 0 Å². The molecule has 96 valence electrons. The summed E-state index contributed by atoms with van der Waals surface area (Å²) in [5.74, 6) is 1.22. The molecule has 0 saturated heterocycles. The lowest BCUT2D eigenvalue weighted by atomic mass is 10.1. The normalized spacial score (nSPS) is 10.8. The van der Waals surface area contributed by atoms with Crippen LogP contribution in [0, 0.1) is 6.92 Å². The van der Waals surface area contributed by atoms with Crippen molar-refractivity contribution in [3.05, 3.63) is 53.3 Å². The first-order chi connectivity index (χ1) is 9.20. The fourth-order valence-corrected chi connectivity index (χ4v) is 2.59. The third-order valence-electron chi connectivity index (χ3n) is 2.75. The number of hydrogen-bond donors (Lipinski definition) is 1. The number of hydrogen-bond acceptors (Lipinski definition) is 5. The van der Waals surface area contributed by atoms with Gasteiger partial charge in [-0.05, 0) is 24.6 Å². The summed E-state index contributed by atoms with van der Waals surface area (Å²) < 4.78 is 5.26. The number of nitrogens with two attached hydrogens (primary N) is 1. The molecule has 2 aromatic heterocycles. The molecule has 0 bridgehead atoms. The summed E-state index contributed by atoms with van der Waals surface area (Å²) in [4.78, 5) is 5.30. The molecule has 1 aromatic carbocycles. The first-order valence-electron chi connectivity index (χ1n) is 5.94. The second-order valence-electron chi connectivity index (χ2n) is 4.38. The van der Waals surface area contributed by atoms with E-state index in [-0.39, 0.29) is 0 Å². The third kappa shape index (κ3) is 2.66. The van der Waals surface area contributed by atoms with Crippen molar-refractivity contribution in [2.45, 2.75) is 13.3 Å². The summed E-state index contributed by atoms with van der Waals surface area (Å²) in [5, 5.41) is 4.75. The molecule has 0 unspecified atom stereocenters. The Morgan fingerprint density at radius 1 is 1.26 bits per heavy atom. The van der Waals surface area contributed by atoms with Crippen LogP contribution in [0.1, 0.15) is 17.0 Å². The van der Waals surface area contributed by atoms with Crippen molar-refractivity contribution < 1.29 is 4.52 Å². The van der Waals surface area contributed by atoms with Crippen molar-refractivity contribution in [3.63, 3.8) is 0 Å². The van der Waals surface area contributed by atoms with Gasteiger partial charge >= 0.3 is 0 Å². The van der Waals surface area contributed by atoms with Crippen LogP contribution in [0.2, 0.25) is 0 Å². The molecule has 0 saturated carbocycles. The Morgan fingerprint density at radius 3 is 2.89 bits per heavy atom. The van der Waals surface area contributed by atoms with E-state index in [0.29, 0.717) is 18.1 Å². The van der Waals surface area contributed by atoms with Gasteiger partial charge < -0.3 is 10.3 Å². The van der Waals surface area contributed by atoms with Gasteiger partial charge in [0.1, 0.15) is 0 Å². The highest BCUT2D eigenvalue weighted by Crippen LogP contribution is 2.28. The van der Waals surface area contributed by atoms with Crippen molar-refractivity contribution in [3.8, 4) is 10.8 Å². The number of benzene rings is 1. The average Bonchev–Trinajstić information content (AvgIpc) is 2.98. The summed E-state index contributed by atoms with van der Waals surface area (Å²) in [6.45, 7) is 2.07. The quantitative estimate of drug-likeness (QED) is 0.794. The number of thiophene rings is 1. The van der Waals surface area contributed by atoms with E-state index in [1.54, 1.807) is 0 Å². The van der Waals surface area contributed by atoms with Crippen LogP contribution in [0.25, 0.3) is 10.8 Å². The van der Waals surface area contributed by atoms with Gasteiger partial charge in [-0.2, -0.15) is 4.98 Å². The van der Waals surface area contributed by atoms with Gasteiger partial charge in [0.15, 0.2) is 5.82 Å². The molecule has 0 radical (unpaired) electrons. The fraction of sp³-hybridized carbons (Fsp3) is 0.143. The Balaban J connectivity index is 1.82. The number of rotatable bonds is 3. The van der Waals surface area contributed by atoms with Gasteiger partial charge in [-0.1, -0.05) is 35.0 Å². The Bertz CT molecular complexity index is 702. The summed E-state index contributed by atoms with van der Waals surface area (Å²) in [7, 11) is 0. The summed E-state index contributed by atoms with van der Waals surface area (Å²) in [5.41, 5.74) is 8.10. The van der Waals surface area contributed by atoms with Crippen LogP contribution in [0.5, 0.6) is 0 Å². The number of nitrogens with zero attached hydrogens (tertiary/aromatic N) is 2. The Labute approximate surface area is 114 Å². The van der Waals surface area contributed by atoms with E-state index >= 15 is 0 Å². The smallest absolute Gasteiger partial charge is 0.268 e. The molecule has 3 rings (SSSR count). The Hall–Kier alpha value is -2.14. The molecule has 0 fully saturated rings. The fourth-order valence-electron chi connectivity index (χ4n) is 1.90. The molecule has 0 aliphatic heterocycles. The van der Waals surface area contributed by atoms with Crippen LogP contribution in [-0.2, 0) is 6.42 Å². The predicted molar refractivity (Wildman–Crippen MR) is 76.0 cm³/mol. The maximum absolute atomic E-state index is 5.69. The van der Waals surface area contributed by atoms with Crippen molar-refractivity contribution >= 4 is 16.3 Å². The summed E-state index contributed by atoms with van der Waals surface area (Å²) in [6.07, 6.45) is 0.673. The maximum Gasteiger partial charge on any atom is 0.268 e. The maximum atomic E-state index is 5.69. The average molecular weight is 271 g/mol. The number of aryl methyl sites for hydroxylation is 1. The van der Waals surface area contributed by atoms with Crippen LogP contribution in [0.15, 0.2) is 40.9 Å². The highest BCUT2D eigenvalue weighted by atomic mass is 32.1. The molecule has 0 aliphatic carbocycles. The van der Waals surface area contributed by atoms with E-state index in [2.05, 4.69) is 35.3 Å². The second kappa shape index (κ2) is 4.85. The molecular formula is C14H13N3OS. The molecule has 19 heavy (non-hydrogen) atoms. The van der Waals surface area contributed by atoms with Gasteiger partial charge in [0, 0.05) is 6.42 Å². The lowest BCUT2D eigenvalue weighted by molar-refractivity contribution is 0.424. The lowest BCUT2D eigenvalue weighted by Crippen LogP contribution is -1.91. The van der Waals surface area contributed by atoms with Crippen molar-refractivity contribution in [1.82, 2.24) is 10.1 Å². The lowest BCUT2D eigenvalue weighted by Gasteiger charge is -1.97. The van der Waals surface area contributed by atoms with E-state index in [1.165, 1.54) is 22.5 Å². The standard InChI is InChI=1S/C14H13N3OS/c1-9-3-2-4-10(7-9)8-13-16-14(18-17-13)11-5-6-12(15)19-11/h2-7H,8,15H2,1H3. The van der Waals surface area contributed by atoms with Crippen molar-refractivity contribution in [2.75, 3.05) is 5.73 Å². The molecule has 0 amide bonds. The third-order valence-corrected chi connectivity index (χ3v) is 3.65. The topological polar surface area (TPSA) is 64.9 Å². The molecule has 2 heterocycles. The largest absolute Gasteiger partial charge is 0.391 e. The molecule has 2 N–H and O–H groups in total. The minimum atomic E-state index is 0.532. The Kier molecular flexibility index (Phi) is 3.05. The highest BCUT2D eigenvalue weighted by Gasteiger charge is 2.11. The summed E-state index contributed by atoms with van der Waals surface area (Å²) >= 11 is 1.44. The first kappa shape index (κ1) is 11.9. The minimum Gasteiger partial charge on any atom is -0.391 e. The van der Waals surface area contributed by atoms with Crippen LogP contribution in [0.4, 0.5) is 5.00 Å². The van der Waals surface area contributed by atoms with Gasteiger partial charge in [-0.25, -0.2) is 0 Å². The number of anilines is 1. The van der Waals surface area contributed by atoms with Gasteiger partial charge in [0.25, 0.3) is 5.89 Å². The van der Waals surface area contributed by atoms with Crippen LogP contribution in [-0.4, -0.2) is 10.1 Å². The summed E-state index contributed by atoms with van der Waals surface area (Å²) in [6, 6.07) is 12.0. The Morgan fingerprint density at radius 2 is 2.16 bits per heavy atom. The molecule has 0 spiro atoms. The van der Waals surface area contributed by atoms with E-state index in [1.807, 2.05) is 18.2 Å².